The highest BCUT2D eigenvalue weighted by Gasteiger charge is 2.53. The van der Waals surface area contributed by atoms with E-state index in [2.05, 4.69) is 17.4 Å². The van der Waals surface area contributed by atoms with Gasteiger partial charge in [-0.25, -0.2) is 0 Å². The number of hydrogen-bond acceptors (Lipinski definition) is 3. The topological polar surface area (TPSA) is 41.5 Å². The first-order chi connectivity index (χ1) is 11.2. The summed E-state index contributed by atoms with van der Waals surface area (Å²) in [6, 6.07) is 8.49. The van der Waals surface area contributed by atoms with Gasteiger partial charge in [0.05, 0.1) is 13.7 Å². The summed E-state index contributed by atoms with van der Waals surface area (Å²) in [6.07, 6.45) is 8.36. The zero-order valence-corrected chi connectivity index (χ0v) is 14.1. The minimum absolute atomic E-state index is 0.248. The lowest BCUT2D eigenvalue weighted by Crippen LogP contribution is -2.57. The Morgan fingerprint density at radius 3 is 2.13 bits per heavy atom. The van der Waals surface area contributed by atoms with Crippen LogP contribution in [0.5, 0.6) is 5.75 Å². The highest BCUT2D eigenvalue weighted by atomic mass is 16.5. The van der Waals surface area contributed by atoms with Crippen LogP contribution in [-0.4, -0.2) is 24.9 Å². The largest absolute Gasteiger partial charge is 0.497 e. The monoisotopic (exact) mass is 315 g/mol. The Labute approximate surface area is 139 Å². The SMILES string of the molecule is COc1ccc(CN[C@@H](CO)C23CC4CC(CC(C4)C2)C3)cc1. The van der Waals surface area contributed by atoms with Crippen LogP contribution < -0.4 is 10.1 Å². The molecule has 0 heterocycles. The van der Waals surface area contributed by atoms with Crippen molar-refractivity contribution in [3.05, 3.63) is 29.8 Å². The van der Waals surface area contributed by atoms with E-state index in [-0.39, 0.29) is 12.6 Å². The zero-order chi connectivity index (χ0) is 15.9. The van der Waals surface area contributed by atoms with E-state index in [0.29, 0.717) is 5.41 Å². The van der Waals surface area contributed by atoms with Crippen molar-refractivity contribution in [2.45, 2.75) is 51.1 Å². The van der Waals surface area contributed by atoms with Crippen molar-refractivity contribution in [2.24, 2.45) is 23.2 Å². The van der Waals surface area contributed by atoms with Crippen LogP contribution in [0.1, 0.15) is 44.1 Å². The molecule has 0 spiro atoms. The first kappa shape index (κ1) is 15.5. The maximum atomic E-state index is 10.1. The summed E-state index contributed by atoms with van der Waals surface area (Å²) in [5.41, 5.74) is 1.62. The van der Waals surface area contributed by atoms with Crippen LogP contribution in [0, 0.1) is 23.2 Å². The van der Waals surface area contributed by atoms with Gasteiger partial charge in [-0.05, 0) is 79.4 Å². The molecule has 4 aliphatic rings. The van der Waals surface area contributed by atoms with Crippen LogP contribution in [-0.2, 0) is 6.54 Å². The molecule has 3 nitrogen and oxygen atoms in total. The lowest BCUT2D eigenvalue weighted by atomic mass is 9.47. The molecule has 1 aromatic carbocycles. The van der Waals surface area contributed by atoms with E-state index in [0.717, 1.165) is 30.0 Å². The molecule has 5 rings (SSSR count). The number of aliphatic hydroxyl groups excluding tert-OH is 1. The Bertz CT molecular complexity index is 504. The van der Waals surface area contributed by atoms with Gasteiger partial charge < -0.3 is 15.2 Å². The van der Waals surface area contributed by atoms with Gasteiger partial charge in [0.15, 0.2) is 0 Å². The third-order valence-corrected chi connectivity index (χ3v) is 6.72. The average Bonchev–Trinajstić information content (AvgIpc) is 2.54. The molecule has 0 radical (unpaired) electrons. The summed E-state index contributed by atoms with van der Waals surface area (Å²) in [5, 5.41) is 13.8. The van der Waals surface area contributed by atoms with E-state index < -0.39 is 0 Å². The number of rotatable bonds is 6. The minimum Gasteiger partial charge on any atom is -0.497 e. The lowest BCUT2D eigenvalue weighted by Gasteiger charge is -2.59. The fraction of sp³-hybridized carbons (Fsp3) is 0.700. The van der Waals surface area contributed by atoms with E-state index in [1.165, 1.54) is 44.1 Å². The van der Waals surface area contributed by atoms with Crippen molar-refractivity contribution in [1.82, 2.24) is 5.32 Å². The van der Waals surface area contributed by atoms with Crippen LogP contribution in [0.3, 0.4) is 0 Å². The van der Waals surface area contributed by atoms with Crippen LogP contribution in [0.4, 0.5) is 0 Å². The summed E-state index contributed by atoms with van der Waals surface area (Å²) in [4.78, 5) is 0. The van der Waals surface area contributed by atoms with Crippen molar-refractivity contribution in [1.29, 1.82) is 0 Å². The number of nitrogens with one attached hydrogen (secondary N) is 1. The number of hydrogen-bond donors (Lipinski definition) is 2. The van der Waals surface area contributed by atoms with Crippen molar-refractivity contribution in [2.75, 3.05) is 13.7 Å². The summed E-state index contributed by atoms with van der Waals surface area (Å²) in [6.45, 7) is 1.10. The Hall–Kier alpha value is -1.06. The van der Waals surface area contributed by atoms with E-state index in [9.17, 15) is 5.11 Å². The molecule has 126 valence electrons. The number of ether oxygens (including phenoxy) is 1. The van der Waals surface area contributed by atoms with Gasteiger partial charge in [0.25, 0.3) is 0 Å². The second kappa shape index (κ2) is 6.10. The molecule has 2 N–H and O–H groups in total. The second-order valence-corrected chi connectivity index (χ2v) is 8.24. The quantitative estimate of drug-likeness (QED) is 0.846. The molecule has 3 heteroatoms. The molecular weight excluding hydrogens is 286 g/mol. The minimum atomic E-state index is 0.248. The predicted molar refractivity (Wildman–Crippen MR) is 91.3 cm³/mol. The zero-order valence-electron chi connectivity index (χ0n) is 14.1. The van der Waals surface area contributed by atoms with Gasteiger partial charge >= 0.3 is 0 Å². The Morgan fingerprint density at radius 2 is 1.65 bits per heavy atom. The van der Waals surface area contributed by atoms with Gasteiger partial charge in [-0.2, -0.15) is 0 Å². The van der Waals surface area contributed by atoms with Crippen LogP contribution in [0.25, 0.3) is 0 Å². The van der Waals surface area contributed by atoms with E-state index >= 15 is 0 Å². The van der Waals surface area contributed by atoms with E-state index in [1.54, 1.807) is 7.11 Å². The van der Waals surface area contributed by atoms with Crippen LogP contribution >= 0.6 is 0 Å². The van der Waals surface area contributed by atoms with Gasteiger partial charge in [0.1, 0.15) is 5.75 Å². The summed E-state index contributed by atoms with van der Waals surface area (Å²) >= 11 is 0. The van der Waals surface area contributed by atoms with Crippen molar-refractivity contribution >= 4 is 0 Å². The van der Waals surface area contributed by atoms with E-state index in [4.69, 9.17) is 4.74 Å². The summed E-state index contributed by atoms with van der Waals surface area (Å²) in [7, 11) is 1.70. The van der Waals surface area contributed by atoms with Crippen molar-refractivity contribution in [3.63, 3.8) is 0 Å². The van der Waals surface area contributed by atoms with Crippen LogP contribution in [0.15, 0.2) is 24.3 Å². The molecule has 4 fully saturated rings. The summed E-state index contributed by atoms with van der Waals surface area (Å²) < 4.78 is 5.22. The fourth-order valence-corrected chi connectivity index (χ4v) is 6.06. The molecule has 4 bridgehead atoms. The van der Waals surface area contributed by atoms with Gasteiger partial charge in [-0.15, -0.1) is 0 Å². The average molecular weight is 315 g/mol. The van der Waals surface area contributed by atoms with E-state index in [1.807, 2.05) is 12.1 Å². The Balaban J connectivity index is 1.44. The molecule has 1 aromatic rings. The van der Waals surface area contributed by atoms with Gasteiger partial charge in [-0.1, -0.05) is 12.1 Å². The lowest BCUT2D eigenvalue weighted by molar-refractivity contribution is -0.0828. The molecule has 0 aliphatic heterocycles. The molecule has 1 atom stereocenters. The number of benzene rings is 1. The highest BCUT2D eigenvalue weighted by Crippen LogP contribution is 2.61. The predicted octanol–water partition coefficient (Wildman–Crippen LogP) is 3.36. The van der Waals surface area contributed by atoms with Crippen molar-refractivity contribution < 1.29 is 9.84 Å². The van der Waals surface area contributed by atoms with Gasteiger partial charge in [-0.3, -0.25) is 0 Å². The van der Waals surface area contributed by atoms with Crippen molar-refractivity contribution in [3.8, 4) is 5.75 Å². The Morgan fingerprint density at radius 1 is 1.09 bits per heavy atom. The fourth-order valence-electron chi connectivity index (χ4n) is 6.06. The van der Waals surface area contributed by atoms with Crippen LogP contribution in [0.2, 0.25) is 0 Å². The first-order valence-corrected chi connectivity index (χ1v) is 9.18. The first-order valence-electron chi connectivity index (χ1n) is 9.18. The molecule has 0 aromatic heterocycles. The van der Waals surface area contributed by atoms with Gasteiger partial charge in [0, 0.05) is 12.6 Å². The van der Waals surface area contributed by atoms with Gasteiger partial charge in [0.2, 0.25) is 0 Å². The third-order valence-electron chi connectivity index (χ3n) is 6.72. The maximum Gasteiger partial charge on any atom is 0.118 e. The normalized spacial score (nSPS) is 36.2. The maximum absolute atomic E-state index is 10.1. The smallest absolute Gasteiger partial charge is 0.118 e. The third kappa shape index (κ3) is 2.89. The molecule has 23 heavy (non-hydrogen) atoms. The molecular formula is C20H29NO2. The summed E-state index contributed by atoms with van der Waals surface area (Å²) in [5.74, 6) is 3.68. The Kier molecular flexibility index (Phi) is 4.10. The second-order valence-electron chi connectivity index (χ2n) is 8.24. The molecule has 0 amide bonds. The standard InChI is InChI=1S/C20H29NO2/c1-23-18-4-2-14(3-5-18)12-21-19(13-22)20-9-15-6-16(10-20)8-17(7-15)11-20/h2-5,15-17,19,21-22H,6-13H2,1H3/t15?,16?,17?,19-,20?/m0/s1. The molecule has 0 unspecified atom stereocenters. The number of methoxy groups -OCH3 is 1. The molecule has 0 saturated heterocycles. The number of aliphatic hydroxyl groups is 1. The molecule has 4 aliphatic carbocycles. The highest BCUT2D eigenvalue weighted by molar-refractivity contribution is 5.27. The molecule has 4 saturated carbocycles.